The summed E-state index contributed by atoms with van der Waals surface area (Å²) in [5.74, 6) is -0.787. The molecule has 2 heterocycles. The molecule has 2 aromatic heterocycles. The average molecular weight is 618 g/mol. The number of rotatable bonds is 10. The molecule has 2 saturated carbocycles. The van der Waals surface area contributed by atoms with Crippen molar-refractivity contribution in [2.24, 2.45) is 5.16 Å². The Morgan fingerprint density at radius 2 is 1.95 bits per heavy atom. The van der Waals surface area contributed by atoms with Gasteiger partial charge in [0, 0.05) is 17.3 Å². The highest BCUT2D eigenvalue weighted by molar-refractivity contribution is 6.46. The molecule has 0 saturated heterocycles. The Bertz CT molecular complexity index is 1580. The topological polar surface area (TPSA) is 148 Å². The van der Waals surface area contributed by atoms with E-state index in [1.165, 1.54) is 0 Å². The minimum Gasteiger partial charge on any atom is -0.476 e. The van der Waals surface area contributed by atoms with Crippen LogP contribution in [0, 0.1) is 0 Å². The number of aliphatic hydroxyl groups is 1. The first-order valence-corrected chi connectivity index (χ1v) is 14.8. The van der Waals surface area contributed by atoms with Gasteiger partial charge in [0.15, 0.2) is 5.69 Å². The quantitative estimate of drug-likeness (QED) is 0.106. The molecule has 2 aliphatic rings. The predicted octanol–water partition coefficient (Wildman–Crippen LogP) is 6.14. The summed E-state index contributed by atoms with van der Waals surface area (Å²) in [5.41, 5.74) is 2.28. The van der Waals surface area contributed by atoms with Crippen molar-refractivity contribution in [2.45, 2.75) is 89.6 Å². The van der Waals surface area contributed by atoms with Gasteiger partial charge < -0.3 is 20.2 Å². The van der Waals surface area contributed by atoms with Crippen molar-refractivity contribution in [1.82, 2.24) is 24.8 Å². The number of fused-ring (bicyclic) bond motifs is 1. The molecule has 0 atom stereocenters. The van der Waals surface area contributed by atoms with Crippen LogP contribution in [0.4, 0.5) is 0 Å². The lowest BCUT2D eigenvalue weighted by Crippen LogP contribution is -2.34. The highest BCUT2D eigenvalue weighted by Crippen LogP contribution is 2.43. The molecule has 5 rings (SSSR count). The molecule has 42 heavy (non-hydrogen) atoms. The van der Waals surface area contributed by atoms with Crippen LogP contribution < -0.4 is 0 Å². The maximum atomic E-state index is 11.7. The standard InChI is InChI=1S/C29H34Cl2N6O5/c1-4-21(30)27(22(31)14-32-41)37-24(25(33-35-37)17-5-6-17)15-42-19-9-11-29(40,12-10-19)18-7-8-20-23(13-18)36(16(2)3)34-26(20)28(38)39/h4,7-8,13-14,16-17,19,40-41H,5-6,9-12,15H2,1-3H3,(H,38,39)/b21-4+,27-22-,32-14+. The number of oxime groups is 1. The molecule has 2 aliphatic carbocycles. The van der Waals surface area contributed by atoms with Crippen LogP contribution >= 0.6 is 23.2 Å². The number of hydrogen-bond acceptors (Lipinski definition) is 8. The molecule has 1 aromatic carbocycles. The van der Waals surface area contributed by atoms with Gasteiger partial charge in [-0.1, -0.05) is 45.7 Å². The highest BCUT2D eigenvalue weighted by Gasteiger charge is 2.37. The number of nitrogens with zero attached hydrogens (tertiary/aromatic N) is 6. The number of ether oxygens (including phenoxy) is 1. The summed E-state index contributed by atoms with van der Waals surface area (Å²) in [6.45, 7) is 5.87. The minimum absolute atomic E-state index is 0.00676. The lowest BCUT2D eigenvalue weighted by Gasteiger charge is -2.36. The first kappa shape index (κ1) is 30.2. The Morgan fingerprint density at radius 3 is 2.55 bits per heavy atom. The monoisotopic (exact) mass is 616 g/mol. The largest absolute Gasteiger partial charge is 0.476 e. The molecule has 2 fully saturated rings. The summed E-state index contributed by atoms with van der Waals surface area (Å²) in [6.07, 6.45) is 6.87. The summed E-state index contributed by atoms with van der Waals surface area (Å²) >= 11 is 12.9. The van der Waals surface area contributed by atoms with Crippen molar-refractivity contribution in [3.63, 3.8) is 0 Å². The lowest BCUT2D eigenvalue weighted by molar-refractivity contribution is -0.0648. The number of aromatic nitrogens is 5. The molecule has 3 aromatic rings. The Hall–Kier alpha value is -3.25. The third-order valence-electron chi connectivity index (χ3n) is 8.00. The van der Waals surface area contributed by atoms with Gasteiger partial charge in [0.1, 0.15) is 5.70 Å². The number of aromatic carboxylic acids is 1. The van der Waals surface area contributed by atoms with Gasteiger partial charge in [0.2, 0.25) is 0 Å². The zero-order valence-corrected chi connectivity index (χ0v) is 25.2. The van der Waals surface area contributed by atoms with Gasteiger partial charge in [0.25, 0.3) is 0 Å². The van der Waals surface area contributed by atoms with Gasteiger partial charge in [-0.3, -0.25) is 4.68 Å². The summed E-state index contributed by atoms with van der Waals surface area (Å²) in [4.78, 5) is 11.7. The van der Waals surface area contributed by atoms with E-state index in [4.69, 9.17) is 33.1 Å². The van der Waals surface area contributed by atoms with E-state index in [0.717, 1.165) is 36.0 Å². The van der Waals surface area contributed by atoms with E-state index in [1.807, 2.05) is 19.9 Å². The van der Waals surface area contributed by atoms with Crippen LogP contribution in [-0.2, 0) is 16.9 Å². The molecular weight excluding hydrogens is 583 g/mol. The van der Waals surface area contributed by atoms with Crippen molar-refractivity contribution in [1.29, 1.82) is 0 Å². The fourth-order valence-corrected chi connectivity index (χ4v) is 6.02. The van der Waals surface area contributed by atoms with Crippen molar-refractivity contribution in [3.05, 3.63) is 57.0 Å². The van der Waals surface area contributed by atoms with Crippen LogP contribution in [-0.4, -0.2) is 58.5 Å². The van der Waals surface area contributed by atoms with E-state index in [1.54, 1.807) is 34.5 Å². The molecule has 13 heteroatoms. The molecule has 0 amide bonds. The fraction of sp³-hybridized carbons (Fsp3) is 0.483. The van der Waals surface area contributed by atoms with Gasteiger partial charge in [-0.2, -0.15) is 5.10 Å². The van der Waals surface area contributed by atoms with Crippen LogP contribution in [0.5, 0.6) is 0 Å². The first-order valence-electron chi connectivity index (χ1n) is 14.0. The van der Waals surface area contributed by atoms with Crippen LogP contribution in [0.2, 0.25) is 0 Å². The average Bonchev–Trinajstić information content (AvgIpc) is 3.61. The van der Waals surface area contributed by atoms with Gasteiger partial charge in [0.05, 0.1) is 51.5 Å². The summed E-state index contributed by atoms with van der Waals surface area (Å²) in [7, 11) is 0. The molecule has 3 N–H and O–H groups in total. The molecule has 11 nitrogen and oxygen atoms in total. The van der Waals surface area contributed by atoms with Gasteiger partial charge in [-0.25, -0.2) is 9.48 Å². The number of allylic oxidation sites excluding steroid dienone is 4. The molecule has 0 unspecified atom stereocenters. The number of carboxylic acids is 1. The van der Waals surface area contributed by atoms with Gasteiger partial charge in [-0.05, 0) is 77.0 Å². The normalized spacial score (nSPS) is 22.4. The number of carboxylic acid groups (broad SMARTS) is 1. The number of benzene rings is 1. The second-order valence-electron chi connectivity index (χ2n) is 11.2. The van der Waals surface area contributed by atoms with E-state index in [9.17, 15) is 15.0 Å². The molecule has 224 valence electrons. The fourth-order valence-electron chi connectivity index (χ4n) is 5.57. The maximum absolute atomic E-state index is 11.7. The second-order valence-corrected chi connectivity index (χ2v) is 12.0. The van der Waals surface area contributed by atoms with Gasteiger partial charge >= 0.3 is 5.97 Å². The van der Waals surface area contributed by atoms with E-state index in [2.05, 4.69) is 20.6 Å². The summed E-state index contributed by atoms with van der Waals surface area (Å²) < 4.78 is 9.61. The molecule has 0 aliphatic heterocycles. The lowest BCUT2D eigenvalue weighted by atomic mass is 9.78. The Morgan fingerprint density at radius 1 is 1.24 bits per heavy atom. The number of halogens is 2. The molecular formula is C29H34Cl2N6O5. The van der Waals surface area contributed by atoms with E-state index >= 15 is 0 Å². The minimum atomic E-state index is -1.08. The van der Waals surface area contributed by atoms with E-state index in [0.29, 0.717) is 53.2 Å². The van der Waals surface area contributed by atoms with Crippen LogP contribution in [0.15, 0.2) is 39.5 Å². The first-order chi connectivity index (χ1) is 20.1. The zero-order chi connectivity index (χ0) is 30.2. The maximum Gasteiger partial charge on any atom is 0.357 e. The van der Waals surface area contributed by atoms with Crippen molar-refractivity contribution < 1.29 is 25.0 Å². The van der Waals surface area contributed by atoms with E-state index in [-0.39, 0.29) is 29.5 Å². The molecule has 0 radical (unpaired) electrons. The van der Waals surface area contributed by atoms with Crippen molar-refractivity contribution >= 4 is 52.0 Å². The highest BCUT2D eigenvalue weighted by atomic mass is 35.5. The van der Waals surface area contributed by atoms with Crippen LogP contribution in [0.25, 0.3) is 16.6 Å². The summed E-state index contributed by atoms with van der Waals surface area (Å²) in [5, 5.41) is 47.3. The predicted molar refractivity (Wildman–Crippen MR) is 159 cm³/mol. The third kappa shape index (κ3) is 5.83. The van der Waals surface area contributed by atoms with Crippen molar-refractivity contribution in [3.8, 4) is 0 Å². The Labute approximate surface area is 253 Å². The third-order valence-corrected chi connectivity index (χ3v) is 8.67. The van der Waals surface area contributed by atoms with Crippen LogP contribution in [0.3, 0.4) is 0 Å². The Kier molecular flexibility index (Phi) is 8.75. The van der Waals surface area contributed by atoms with Crippen molar-refractivity contribution in [2.75, 3.05) is 0 Å². The number of hydrogen-bond donors (Lipinski definition) is 3. The van der Waals surface area contributed by atoms with Gasteiger partial charge in [-0.15, -0.1) is 5.10 Å². The Balaban J connectivity index is 1.34. The smallest absolute Gasteiger partial charge is 0.357 e. The molecule has 0 bridgehead atoms. The zero-order valence-electron chi connectivity index (χ0n) is 23.7. The number of carbonyl (C=O) groups is 1. The second kappa shape index (κ2) is 12.2. The van der Waals surface area contributed by atoms with Crippen LogP contribution in [0.1, 0.15) is 98.7 Å². The van der Waals surface area contributed by atoms with E-state index < -0.39 is 11.6 Å². The molecule has 0 spiro atoms. The SMILES string of the molecule is C\C=C(Cl)/C(=C(Cl)\C=N\O)n1nnc(C2CC2)c1COC1CCC(O)(c2ccc3c(C(=O)O)nn(C(C)C)c3c2)CC1. The summed E-state index contributed by atoms with van der Waals surface area (Å²) in [6, 6.07) is 5.36.